The summed E-state index contributed by atoms with van der Waals surface area (Å²) in [4.78, 5) is 2.00. The van der Waals surface area contributed by atoms with Gasteiger partial charge in [0.25, 0.3) is 0 Å². The number of hydrogen-bond donors (Lipinski definition) is 2. The van der Waals surface area contributed by atoms with Crippen molar-refractivity contribution < 1.29 is 0 Å². The zero-order valence-corrected chi connectivity index (χ0v) is 6.33. The Bertz CT molecular complexity index is 256. The minimum absolute atomic E-state index is 0.704. The summed E-state index contributed by atoms with van der Waals surface area (Å²) < 4.78 is 0. The molecule has 0 fully saturated rings. The zero-order valence-electron chi connectivity index (χ0n) is 6.33. The summed E-state index contributed by atoms with van der Waals surface area (Å²) in [6.07, 6.45) is 8.78. The molecule has 0 amide bonds. The van der Waals surface area contributed by atoms with Gasteiger partial charge in [0.1, 0.15) is 11.1 Å². The fraction of sp³-hybridized carbons (Fsp3) is 0.250. The van der Waals surface area contributed by atoms with Crippen LogP contribution in [0, 0.1) is 17.0 Å². The van der Waals surface area contributed by atoms with Gasteiger partial charge in [-0.1, -0.05) is 31.2 Å². The second kappa shape index (κ2) is 3.08. The van der Waals surface area contributed by atoms with Crippen LogP contribution in [0.5, 0.6) is 0 Å². The first-order chi connectivity index (χ1) is 5.29. The van der Waals surface area contributed by atoms with Gasteiger partial charge in [-0.3, -0.25) is 0 Å². The standard InChI is InChI=1S/C8H8.H2N3/c1-6-7-2-3-8(6)5-4-7;1-3-2/h2-6H,1H3;1-2H/q;+1. The average Bonchev–Trinajstić information content (AvgIpc) is 2.51. The molecule has 3 nitrogen and oxygen atoms in total. The molecule has 0 aromatic rings. The van der Waals surface area contributed by atoms with Crippen molar-refractivity contribution in [1.82, 2.24) is 4.91 Å². The highest BCUT2D eigenvalue weighted by Gasteiger charge is 2.18. The first kappa shape index (κ1) is 7.63. The van der Waals surface area contributed by atoms with Gasteiger partial charge in [0, 0.05) is 5.92 Å². The average molecular weight is 148 g/mol. The maximum absolute atomic E-state index is 5.50. The summed E-state index contributed by atoms with van der Waals surface area (Å²) >= 11 is 0. The smallest absolute Gasteiger partial charge is 0.0581 e. The lowest BCUT2D eigenvalue weighted by atomic mass is 10.1. The number of fused-ring (bicyclic) bond motifs is 2. The van der Waals surface area contributed by atoms with E-state index in [1.54, 1.807) is 0 Å². The monoisotopic (exact) mass is 148 g/mol. The molecule has 0 saturated carbocycles. The topological polar surface area (TPSA) is 61.8 Å². The highest BCUT2D eigenvalue weighted by Crippen LogP contribution is 2.33. The van der Waals surface area contributed by atoms with E-state index in [0.717, 1.165) is 0 Å². The van der Waals surface area contributed by atoms with Gasteiger partial charge in [-0.05, 0) is 11.1 Å². The fourth-order valence-electron chi connectivity index (χ4n) is 1.27. The van der Waals surface area contributed by atoms with E-state index in [2.05, 4.69) is 31.2 Å². The van der Waals surface area contributed by atoms with Gasteiger partial charge in [-0.2, -0.15) is 0 Å². The van der Waals surface area contributed by atoms with E-state index < -0.39 is 0 Å². The molecule has 2 rings (SSSR count). The van der Waals surface area contributed by atoms with Crippen molar-refractivity contribution in [2.75, 3.05) is 0 Å². The third-order valence-corrected chi connectivity index (χ3v) is 1.94. The molecule has 3 heteroatoms. The molecule has 0 aromatic heterocycles. The number of hydrogen-bond acceptors (Lipinski definition) is 2. The number of rotatable bonds is 0. The van der Waals surface area contributed by atoms with E-state index in [1.807, 2.05) is 4.91 Å². The van der Waals surface area contributed by atoms with E-state index in [-0.39, 0.29) is 0 Å². The minimum atomic E-state index is 0.704. The summed E-state index contributed by atoms with van der Waals surface area (Å²) in [5.41, 5.74) is 13.9. The van der Waals surface area contributed by atoms with Gasteiger partial charge >= 0.3 is 0 Å². The van der Waals surface area contributed by atoms with E-state index in [9.17, 15) is 0 Å². The molecule has 2 aliphatic rings. The Balaban J connectivity index is 0.000000179. The van der Waals surface area contributed by atoms with E-state index >= 15 is 0 Å². The summed E-state index contributed by atoms with van der Waals surface area (Å²) in [6, 6.07) is 0. The molecular formula is C8H10N3+. The van der Waals surface area contributed by atoms with Crippen molar-refractivity contribution in [3.8, 4) is 0 Å². The Morgan fingerprint density at radius 1 is 1.18 bits per heavy atom. The van der Waals surface area contributed by atoms with Crippen LogP contribution in [-0.4, -0.2) is 0 Å². The quantitative estimate of drug-likeness (QED) is 0.390. The predicted molar refractivity (Wildman–Crippen MR) is 42.0 cm³/mol. The minimum Gasteiger partial charge on any atom is -0.0581 e. The van der Waals surface area contributed by atoms with Crippen molar-refractivity contribution in [3.05, 3.63) is 35.5 Å². The van der Waals surface area contributed by atoms with Crippen molar-refractivity contribution in [3.63, 3.8) is 0 Å². The normalized spacial score (nSPS) is 18.3. The molecular weight excluding hydrogens is 138 g/mol. The van der Waals surface area contributed by atoms with Crippen molar-refractivity contribution >= 4 is 0 Å². The Kier molecular flexibility index (Phi) is 2.14. The largest absolute Gasteiger partial charge is 0.211 e. The summed E-state index contributed by atoms with van der Waals surface area (Å²) in [5, 5.41) is 0. The first-order valence-electron chi connectivity index (χ1n) is 3.42. The fourth-order valence-corrected chi connectivity index (χ4v) is 1.27. The van der Waals surface area contributed by atoms with Crippen LogP contribution in [0.2, 0.25) is 0 Å². The van der Waals surface area contributed by atoms with E-state index in [4.69, 9.17) is 11.1 Å². The Morgan fingerprint density at radius 2 is 1.55 bits per heavy atom. The number of nitrogens with one attached hydrogen (secondary N) is 2. The molecule has 0 atom stereocenters. The van der Waals surface area contributed by atoms with Crippen LogP contribution in [0.1, 0.15) is 6.92 Å². The van der Waals surface area contributed by atoms with Gasteiger partial charge in [0.05, 0.1) is 0 Å². The molecule has 2 bridgehead atoms. The number of nitrogens with zero attached hydrogens (tertiary/aromatic N) is 1. The molecule has 0 aromatic carbocycles. The lowest BCUT2D eigenvalue weighted by Crippen LogP contribution is -1.85. The molecule has 0 unspecified atom stereocenters. The maximum atomic E-state index is 5.50. The molecule has 11 heavy (non-hydrogen) atoms. The van der Waals surface area contributed by atoms with Crippen molar-refractivity contribution in [2.45, 2.75) is 6.92 Å². The molecule has 0 saturated heterocycles. The van der Waals surface area contributed by atoms with E-state index in [0.29, 0.717) is 5.92 Å². The molecule has 2 N–H and O–H groups in total. The van der Waals surface area contributed by atoms with Crippen LogP contribution >= 0.6 is 0 Å². The highest BCUT2D eigenvalue weighted by molar-refractivity contribution is 5.52. The molecule has 0 radical (unpaired) electrons. The molecule has 0 heterocycles. The van der Waals surface area contributed by atoms with Crippen molar-refractivity contribution in [2.24, 2.45) is 5.92 Å². The molecule has 0 aliphatic heterocycles. The van der Waals surface area contributed by atoms with Crippen LogP contribution in [0.15, 0.2) is 35.5 Å². The van der Waals surface area contributed by atoms with Crippen LogP contribution in [0.3, 0.4) is 0 Å². The van der Waals surface area contributed by atoms with Crippen LogP contribution in [0.4, 0.5) is 0 Å². The second-order valence-corrected chi connectivity index (χ2v) is 2.50. The third kappa shape index (κ3) is 1.33. The summed E-state index contributed by atoms with van der Waals surface area (Å²) in [6.45, 7) is 2.24. The van der Waals surface area contributed by atoms with E-state index in [1.165, 1.54) is 11.1 Å². The predicted octanol–water partition coefficient (Wildman–Crippen LogP) is 2.17. The van der Waals surface area contributed by atoms with Crippen molar-refractivity contribution in [1.29, 1.82) is 11.1 Å². The van der Waals surface area contributed by atoms with Crippen LogP contribution in [0.25, 0.3) is 0 Å². The zero-order chi connectivity index (χ0) is 8.27. The van der Waals surface area contributed by atoms with Gasteiger partial charge < -0.3 is 0 Å². The third-order valence-electron chi connectivity index (χ3n) is 1.94. The Labute approximate surface area is 65.1 Å². The number of allylic oxidation sites excluding steroid dienone is 6. The molecule has 2 aliphatic carbocycles. The summed E-state index contributed by atoms with van der Waals surface area (Å²) in [5.74, 6) is 0.704. The van der Waals surface area contributed by atoms with Crippen LogP contribution in [-0.2, 0) is 0 Å². The second-order valence-electron chi connectivity index (χ2n) is 2.50. The van der Waals surface area contributed by atoms with Gasteiger partial charge in [-0.15, -0.1) is 0 Å². The van der Waals surface area contributed by atoms with Gasteiger partial charge in [0.15, 0.2) is 0 Å². The van der Waals surface area contributed by atoms with Gasteiger partial charge in [-0.25, -0.2) is 0 Å². The highest BCUT2D eigenvalue weighted by atomic mass is 15.0. The molecule has 56 valence electrons. The maximum Gasteiger partial charge on any atom is 0.211 e. The lowest BCUT2D eigenvalue weighted by Gasteiger charge is -1.97. The first-order valence-corrected chi connectivity index (χ1v) is 3.42. The lowest BCUT2D eigenvalue weighted by molar-refractivity contribution is 0.895. The van der Waals surface area contributed by atoms with Crippen LogP contribution < -0.4 is 4.91 Å². The Morgan fingerprint density at radius 3 is 1.64 bits per heavy atom. The van der Waals surface area contributed by atoms with Gasteiger partial charge in [0.2, 0.25) is 4.91 Å². The SMILES string of the molecule is CC1C2=CC=C1C=C2.N=[N+]=N. The molecule has 0 spiro atoms. The Hall–Kier alpha value is -1.47. The summed E-state index contributed by atoms with van der Waals surface area (Å²) in [7, 11) is 0.